The Labute approximate surface area is 75.8 Å². The number of phenols is 1. The van der Waals surface area contributed by atoms with Crippen molar-refractivity contribution in [2.24, 2.45) is 0 Å². The average molecular weight is 189 g/mol. The van der Waals surface area contributed by atoms with Gasteiger partial charge in [-0.1, -0.05) is 24.6 Å². The highest BCUT2D eigenvalue weighted by atomic mass is 35.5. The highest BCUT2D eigenvalue weighted by Gasteiger charge is 2.10. The second-order valence-electron chi connectivity index (χ2n) is 2.58. The minimum atomic E-state index is -1.04. The van der Waals surface area contributed by atoms with E-state index in [0.29, 0.717) is 12.0 Å². The summed E-state index contributed by atoms with van der Waals surface area (Å²) < 4.78 is 13.1. The lowest BCUT2D eigenvalue weighted by Gasteiger charge is -2.07. The second-order valence-corrected chi connectivity index (χ2v) is 2.99. The molecule has 0 aliphatic rings. The number of rotatable bonds is 2. The average Bonchev–Trinajstić information content (AvgIpc) is 2.03. The van der Waals surface area contributed by atoms with Crippen molar-refractivity contribution in [3.63, 3.8) is 0 Å². The van der Waals surface area contributed by atoms with Crippen LogP contribution < -0.4 is 0 Å². The lowest BCUT2D eigenvalue weighted by atomic mass is 10.1. The summed E-state index contributed by atoms with van der Waals surface area (Å²) in [5, 5.41) is 9.27. The molecular weight excluding hydrogens is 179 g/mol. The van der Waals surface area contributed by atoms with Crippen molar-refractivity contribution in [1.29, 1.82) is 0 Å². The fourth-order valence-corrected chi connectivity index (χ4v) is 1.28. The van der Waals surface area contributed by atoms with Crippen LogP contribution in [0.15, 0.2) is 18.2 Å². The Morgan fingerprint density at radius 1 is 1.58 bits per heavy atom. The summed E-state index contributed by atoms with van der Waals surface area (Å²) in [5.41, 5.74) is 0.442. The molecule has 12 heavy (non-hydrogen) atoms. The standard InChI is InChI=1S/C9H10ClFO/c1-2-9(11)7-4-3-6(12)5-8(7)10/h3-5,9,12H,2H2,1H3. The number of phenolic OH excluding ortho intramolecular Hbond substituents is 1. The molecule has 1 aromatic rings. The molecule has 0 saturated carbocycles. The summed E-state index contributed by atoms with van der Waals surface area (Å²) >= 11 is 5.70. The third kappa shape index (κ3) is 1.89. The van der Waals surface area contributed by atoms with Crippen molar-refractivity contribution in [3.05, 3.63) is 28.8 Å². The zero-order valence-corrected chi connectivity index (χ0v) is 7.48. The molecule has 1 atom stereocenters. The second kappa shape index (κ2) is 3.76. The van der Waals surface area contributed by atoms with Crippen molar-refractivity contribution < 1.29 is 9.50 Å². The molecule has 0 radical (unpaired) electrons. The minimum absolute atomic E-state index is 0.0621. The molecule has 1 rings (SSSR count). The third-order valence-corrected chi connectivity index (χ3v) is 2.01. The summed E-state index contributed by atoms with van der Waals surface area (Å²) in [5.74, 6) is 0.0621. The Morgan fingerprint density at radius 3 is 2.75 bits per heavy atom. The Bertz CT molecular complexity index is 275. The van der Waals surface area contributed by atoms with Crippen molar-refractivity contribution in [1.82, 2.24) is 0 Å². The molecular formula is C9H10ClFO. The van der Waals surface area contributed by atoms with Crippen molar-refractivity contribution >= 4 is 11.6 Å². The number of alkyl halides is 1. The molecule has 3 heteroatoms. The largest absolute Gasteiger partial charge is 0.508 e. The first-order valence-electron chi connectivity index (χ1n) is 3.77. The van der Waals surface area contributed by atoms with E-state index >= 15 is 0 Å². The van der Waals surface area contributed by atoms with Gasteiger partial charge in [-0.25, -0.2) is 4.39 Å². The van der Waals surface area contributed by atoms with Crippen LogP contribution in [0.4, 0.5) is 4.39 Å². The lowest BCUT2D eigenvalue weighted by Crippen LogP contribution is -1.89. The number of hydrogen-bond donors (Lipinski definition) is 1. The number of benzene rings is 1. The van der Waals surface area contributed by atoms with E-state index in [4.69, 9.17) is 16.7 Å². The van der Waals surface area contributed by atoms with Gasteiger partial charge in [0.25, 0.3) is 0 Å². The van der Waals surface area contributed by atoms with Gasteiger partial charge in [-0.15, -0.1) is 0 Å². The van der Waals surface area contributed by atoms with Crippen molar-refractivity contribution in [3.8, 4) is 5.75 Å². The molecule has 0 saturated heterocycles. The van der Waals surface area contributed by atoms with E-state index in [0.717, 1.165) is 0 Å². The number of hydrogen-bond acceptors (Lipinski definition) is 1. The molecule has 1 N–H and O–H groups in total. The van der Waals surface area contributed by atoms with Crippen LogP contribution in [0.5, 0.6) is 5.75 Å². The van der Waals surface area contributed by atoms with Gasteiger partial charge in [-0.2, -0.15) is 0 Å². The first kappa shape index (κ1) is 9.33. The van der Waals surface area contributed by atoms with E-state index in [1.807, 2.05) is 0 Å². The third-order valence-electron chi connectivity index (χ3n) is 1.68. The maximum Gasteiger partial charge on any atom is 0.126 e. The fraction of sp³-hybridized carbons (Fsp3) is 0.333. The topological polar surface area (TPSA) is 20.2 Å². The van der Waals surface area contributed by atoms with Crippen LogP contribution in [0.2, 0.25) is 5.02 Å². The molecule has 1 unspecified atom stereocenters. The Balaban J connectivity index is 3.01. The van der Waals surface area contributed by atoms with Crippen LogP contribution in [-0.4, -0.2) is 5.11 Å². The zero-order chi connectivity index (χ0) is 9.14. The molecule has 0 bridgehead atoms. The quantitative estimate of drug-likeness (QED) is 0.754. The highest BCUT2D eigenvalue weighted by Crippen LogP contribution is 2.30. The monoisotopic (exact) mass is 188 g/mol. The summed E-state index contributed by atoms with van der Waals surface area (Å²) in [4.78, 5) is 0. The molecule has 1 nitrogen and oxygen atoms in total. The summed E-state index contributed by atoms with van der Waals surface area (Å²) in [6.45, 7) is 1.74. The van der Waals surface area contributed by atoms with Crippen molar-refractivity contribution in [2.45, 2.75) is 19.5 Å². The Morgan fingerprint density at radius 2 is 2.25 bits per heavy atom. The van der Waals surface area contributed by atoms with Gasteiger partial charge >= 0.3 is 0 Å². The molecule has 66 valence electrons. The molecule has 0 amide bonds. The van der Waals surface area contributed by atoms with Crippen LogP contribution >= 0.6 is 11.6 Å². The molecule has 0 aromatic heterocycles. The van der Waals surface area contributed by atoms with E-state index < -0.39 is 6.17 Å². The molecule has 0 aliphatic heterocycles. The van der Waals surface area contributed by atoms with Gasteiger partial charge in [0.15, 0.2) is 0 Å². The Hall–Kier alpha value is -0.760. The lowest BCUT2D eigenvalue weighted by molar-refractivity contribution is 0.334. The van der Waals surface area contributed by atoms with Crippen LogP contribution in [0.1, 0.15) is 25.1 Å². The maximum atomic E-state index is 13.1. The normalized spacial score (nSPS) is 12.9. The number of aromatic hydroxyl groups is 1. The minimum Gasteiger partial charge on any atom is -0.508 e. The molecule has 1 aromatic carbocycles. The predicted octanol–water partition coefficient (Wildman–Crippen LogP) is 3.47. The smallest absolute Gasteiger partial charge is 0.126 e. The molecule has 0 aliphatic carbocycles. The molecule has 0 heterocycles. The van der Waals surface area contributed by atoms with Gasteiger partial charge in [-0.3, -0.25) is 0 Å². The Kier molecular flexibility index (Phi) is 2.93. The first-order valence-corrected chi connectivity index (χ1v) is 4.15. The van der Waals surface area contributed by atoms with Crippen LogP contribution in [0.3, 0.4) is 0 Å². The van der Waals surface area contributed by atoms with Gasteiger partial charge in [0.2, 0.25) is 0 Å². The van der Waals surface area contributed by atoms with E-state index in [2.05, 4.69) is 0 Å². The van der Waals surface area contributed by atoms with Gasteiger partial charge in [-0.05, 0) is 18.6 Å². The van der Waals surface area contributed by atoms with Gasteiger partial charge in [0.05, 0.1) is 5.02 Å². The molecule has 0 spiro atoms. The fourth-order valence-electron chi connectivity index (χ4n) is 0.990. The van der Waals surface area contributed by atoms with Crippen LogP contribution in [-0.2, 0) is 0 Å². The van der Waals surface area contributed by atoms with Crippen molar-refractivity contribution in [2.75, 3.05) is 0 Å². The maximum absolute atomic E-state index is 13.1. The molecule has 0 fully saturated rings. The van der Waals surface area contributed by atoms with Crippen LogP contribution in [0, 0.1) is 0 Å². The van der Waals surface area contributed by atoms with E-state index in [1.165, 1.54) is 18.2 Å². The summed E-state index contributed by atoms with van der Waals surface area (Å²) in [7, 11) is 0. The number of halogens is 2. The van der Waals surface area contributed by atoms with E-state index in [9.17, 15) is 4.39 Å². The van der Waals surface area contributed by atoms with E-state index in [1.54, 1.807) is 6.92 Å². The summed E-state index contributed by atoms with van der Waals surface area (Å²) in [6.07, 6.45) is -0.650. The SMILES string of the molecule is CCC(F)c1ccc(O)cc1Cl. The van der Waals surface area contributed by atoms with Crippen LogP contribution in [0.25, 0.3) is 0 Å². The summed E-state index contributed by atoms with van der Waals surface area (Å²) in [6, 6.07) is 4.29. The first-order chi connectivity index (χ1) is 5.65. The highest BCUT2D eigenvalue weighted by molar-refractivity contribution is 6.31. The van der Waals surface area contributed by atoms with E-state index in [-0.39, 0.29) is 10.8 Å². The predicted molar refractivity (Wildman–Crippen MR) is 47.3 cm³/mol. The van der Waals surface area contributed by atoms with Gasteiger partial charge < -0.3 is 5.11 Å². The zero-order valence-electron chi connectivity index (χ0n) is 6.72. The van der Waals surface area contributed by atoms with Gasteiger partial charge in [0, 0.05) is 5.56 Å². The van der Waals surface area contributed by atoms with Gasteiger partial charge in [0.1, 0.15) is 11.9 Å².